The average Bonchev–Trinajstić information content (AvgIpc) is 3.04. The first kappa shape index (κ1) is 15.8. The minimum atomic E-state index is -0.953. The number of rotatable bonds is 3. The Balaban J connectivity index is 1.47. The van der Waals surface area contributed by atoms with Gasteiger partial charge in [-0.3, -0.25) is 14.4 Å². The van der Waals surface area contributed by atoms with Crippen molar-refractivity contribution in [2.24, 2.45) is 0 Å². The molecular weight excluding hydrogens is 334 g/mol. The highest BCUT2D eigenvalue weighted by molar-refractivity contribution is 6.11. The highest BCUT2D eigenvalue weighted by Crippen LogP contribution is 2.20. The van der Waals surface area contributed by atoms with Gasteiger partial charge in [-0.1, -0.05) is 12.1 Å². The maximum absolute atomic E-state index is 12.3. The molecule has 1 unspecified atom stereocenters. The summed E-state index contributed by atoms with van der Waals surface area (Å²) in [7, 11) is 0. The summed E-state index contributed by atoms with van der Waals surface area (Å²) in [6.07, 6.45) is 1.39. The fourth-order valence-corrected chi connectivity index (χ4v) is 2.87. The Labute approximate surface area is 148 Å². The molecule has 0 saturated carbocycles. The maximum Gasteiger partial charge on any atom is 0.254 e. The van der Waals surface area contributed by atoms with Crippen molar-refractivity contribution in [1.82, 2.24) is 15.3 Å². The molecule has 8 nitrogen and oxygen atoms in total. The van der Waals surface area contributed by atoms with Gasteiger partial charge in [0, 0.05) is 5.69 Å². The first-order valence-electron chi connectivity index (χ1n) is 8.04. The molecule has 1 aromatic heterocycles. The Morgan fingerprint density at radius 2 is 2.00 bits per heavy atom. The monoisotopic (exact) mass is 349 g/mol. The molecule has 0 aliphatic carbocycles. The van der Waals surface area contributed by atoms with Crippen LogP contribution in [0.15, 0.2) is 48.8 Å². The third-order valence-corrected chi connectivity index (χ3v) is 4.14. The summed E-state index contributed by atoms with van der Waals surface area (Å²) in [5.74, 6) is -1.20. The Kier molecular flexibility index (Phi) is 3.85. The fraction of sp³-hybridized carbons (Fsp3) is 0.111. The second kappa shape index (κ2) is 6.32. The van der Waals surface area contributed by atoms with E-state index in [1.165, 1.54) is 0 Å². The molecule has 4 N–H and O–H groups in total. The number of anilines is 2. The number of carbonyl (C=O) groups is 3. The van der Waals surface area contributed by atoms with Gasteiger partial charge in [0.15, 0.2) is 0 Å². The second-order valence-corrected chi connectivity index (χ2v) is 5.95. The van der Waals surface area contributed by atoms with Crippen LogP contribution in [0.3, 0.4) is 0 Å². The number of fused-ring (bicyclic) bond motifs is 2. The summed E-state index contributed by atoms with van der Waals surface area (Å²) in [5.41, 5.74) is 2.96. The molecule has 26 heavy (non-hydrogen) atoms. The zero-order chi connectivity index (χ0) is 18.1. The van der Waals surface area contributed by atoms with Crippen LogP contribution in [0.2, 0.25) is 0 Å². The second-order valence-electron chi connectivity index (χ2n) is 5.95. The van der Waals surface area contributed by atoms with Crippen molar-refractivity contribution >= 4 is 40.1 Å². The minimum absolute atomic E-state index is 0.174. The molecule has 1 aliphatic heterocycles. The lowest BCUT2D eigenvalue weighted by molar-refractivity contribution is -0.122. The highest BCUT2D eigenvalue weighted by Gasteiger charge is 2.29. The van der Waals surface area contributed by atoms with Gasteiger partial charge < -0.3 is 20.9 Å². The molecule has 1 atom stereocenters. The lowest BCUT2D eigenvalue weighted by Gasteiger charge is -2.14. The SMILES string of the molecule is O=C(CC1NC(=O)c2ccccc2NC1=O)Nc1ccc2nc[nH]c2c1. The molecule has 0 saturated heterocycles. The number of hydrogen-bond acceptors (Lipinski definition) is 4. The number of nitrogens with one attached hydrogen (secondary N) is 4. The van der Waals surface area contributed by atoms with Crippen LogP contribution in [0.1, 0.15) is 16.8 Å². The molecule has 8 heteroatoms. The number of aromatic amines is 1. The van der Waals surface area contributed by atoms with Crippen molar-refractivity contribution in [3.8, 4) is 0 Å². The number of para-hydroxylation sites is 1. The molecule has 1 aliphatic rings. The van der Waals surface area contributed by atoms with Crippen LogP contribution in [0.4, 0.5) is 11.4 Å². The van der Waals surface area contributed by atoms with E-state index in [4.69, 9.17) is 0 Å². The molecule has 0 spiro atoms. The number of H-pyrrole nitrogens is 1. The van der Waals surface area contributed by atoms with E-state index in [0.717, 1.165) is 11.0 Å². The van der Waals surface area contributed by atoms with Gasteiger partial charge in [0.1, 0.15) is 6.04 Å². The van der Waals surface area contributed by atoms with Crippen molar-refractivity contribution in [1.29, 1.82) is 0 Å². The zero-order valence-electron chi connectivity index (χ0n) is 13.6. The van der Waals surface area contributed by atoms with E-state index < -0.39 is 17.9 Å². The standard InChI is InChI=1S/C18H15N5O3/c24-16(21-10-5-6-13-14(7-10)20-9-19-13)8-15-18(26)22-12-4-2-1-3-11(12)17(25)23-15/h1-7,9,15H,8H2,(H,19,20)(H,21,24)(H,22,26)(H,23,25). The summed E-state index contributed by atoms with van der Waals surface area (Å²) in [6, 6.07) is 11.0. The summed E-state index contributed by atoms with van der Waals surface area (Å²) < 4.78 is 0. The van der Waals surface area contributed by atoms with Crippen LogP contribution in [0, 0.1) is 0 Å². The molecule has 2 heterocycles. The lowest BCUT2D eigenvalue weighted by Crippen LogP contribution is -2.43. The molecule has 0 radical (unpaired) electrons. The van der Waals surface area contributed by atoms with E-state index in [-0.39, 0.29) is 12.3 Å². The quantitative estimate of drug-likeness (QED) is 0.575. The molecule has 4 rings (SSSR count). The maximum atomic E-state index is 12.3. The average molecular weight is 349 g/mol. The van der Waals surface area contributed by atoms with Crippen molar-refractivity contribution in [2.45, 2.75) is 12.5 Å². The van der Waals surface area contributed by atoms with E-state index in [1.807, 2.05) is 0 Å². The molecular formula is C18H15N5O3. The van der Waals surface area contributed by atoms with Crippen molar-refractivity contribution < 1.29 is 14.4 Å². The molecule has 130 valence electrons. The summed E-state index contributed by atoms with van der Waals surface area (Å²) in [5, 5.41) is 8.01. The predicted octanol–water partition coefficient (Wildman–Crippen LogP) is 1.64. The Morgan fingerprint density at radius 1 is 1.15 bits per heavy atom. The molecule has 3 amide bonds. The minimum Gasteiger partial charge on any atom is -0.345 e. The van der Waals surface area contributed by atoms with Gasteiger partial charge in [-0.25, -0.2) is 4.98 Å². The summed E-state index contributed by atoms with van der Waals surface area (Å²) in [6.45, 7) is 0. The first-order chi connectivity index (χ1) is 12.6. The Bertz CT molecular complexity index is 1030. The number of nitrogens with zero attached hydrogens (tertiary/aromatic N) is 1. The predicted molar refractivity (Wildman–Crippen MR) is 95.7 cm³/mol. The molecule has 3 aromatic rings. The van der Waals surface area contributed by atoms with Crippen LogP contribution < -0.4 is 16.0 Å². The Morgan fingerprint density at radius 3 is 2.88 bits per heavy atom. The first-order valence-corrected chi connectivity index (χ1v) is 8.04. The van der Waals surface area contributed by atoms with Crippen molar-refractivity contribution in [2.75, 3.05) is 10.6 Å². The van der Waals surface area contributed by atoms with E-state index in [2.05, 4.69) is 25.9 Å². The highest BCUT2D eigenvalue weighted by atomic mass is 16.2. The van der Waals surface area contributed by atoms with Gasteiger partial charge in [-0.15, -0.1) is 0 Å². The largest absolute Gasteiger partial charge is 0.345 e. The van der Waals surface area contributed by atoms with Gasteiger partial charge in [0.2, 0.25) is 11.8 Å². The van der Waals surface area contributed by atoms with Crippen LogP contribution in [-0.4, -0.2) is 33.7 Å². The van der Waals surface area contributed by atoms with Gasteiger partial charge >= 0.3 is 0 Å². The van der Waals surface area contributed by atoms with Crippen molar-refractivity contribution in [3.63, 3.8) is 0 Å². The van der Waals surface area contributed by atoms with Crippen LogP contribution in [0.25, 0.3) is 11.0 Å². The van der Waals surface area contributed by atoms with Gasteiger partial charge in [0.25, 0.3) is 5.91 Å². The summed E-state index contributed by atoms with van der Waals surface area (Å²) >= 11 is 0. The number of amides is 3. The summed E-state index contributed by atoms with van der Waals surface area (Å²) in [4.78, 5) is 44.0. The lowest BCUT2D eigenvalue weighted by atomic mass is 10.1. The smallest absolute Gasteiger partial charge is 0.254 e. The van der Waals surface area contributed by atoms with Crippen molar-refractivity contribution in [3.05, 3.63) is 54.4 Å². The van der Waals surface area contributed by atoms with E-state index in [0.29, 0.717) is 16.9 Å². The topological polar surface area (TPSA) is 116 Å². The van der Waals surface area contributed by atoms with E-state index >= 15 is 0 Å². The fourth-order valence-electron chi connectivity index (χ4n) is 2.87. The molecule has 0 bridgehead atoms. The van der Waals surface area contributed by atoms with E-state index in [1.54, 1.807) is 48.8 Å². The van der Waals surface area contributed by atoms with Gasteiger partial charge in [-0.2, -0.15) is 0 Å². The number of carbonyl (C=O) groups excluding carboxylic acids is 3. The van der Waals surface area contributed by atoms with Gasteiger partial charge in [-0.05, 0) is 30.3 Å². The number of imidazole rings is 1. The number of hydrogen-bond donors (Lipinski definition) is 4. The third-order valence-electron chi connectivity index (χ3n) is 4.14. The van der Waals surface area contributed by atoms with Crippen LogP contribution in [0.5, 0.6) is 0 Å². The van der Waals surface area contributed by atoms with Crippen LogP contribution in [-0.2, 0) is 9.59 Å². The van der Waals surface area contributed by atoms with Crippen LogP contribution >= 0.6 is 0 Å². The van der Waals surface area contributed by atoms with E-state index in [9.17, 15) is 14.4 Å². The third kappa shape index (κ3) is 3.00. The normalized spacial score (nSPS) is 16.4. The molecule has 0 fully saturated rings. The Hall–Kier alpha value is -3.68. The zero-order valence-corrected chi connectivity index (χ0v) is 13.6. The number of benzene rings is 2. The van der Waals surface area contributed by atoms with Gasteiger partial charge in [0.05, 0.1) is 35.0 Å². The number of aromatic nitrogens is 2. The molecule has 2 aromatic carbocycles.